The van der Waals surface area contributed by atoms with Crippen LogP contribution in [-0.2, 0) is 4.79 Å². The molecule has 140 valence electrons. The molecule has 0 saturated heterocycles. The normalized spacial score (nSPS) is 17.4. The summed E-state index contributed by atoms with van der Waals surface area (Å²) in [5.74, 6) is -0.764. The summed E-state index contributed by atoms with van der Waals surface area (Å²) in [6.45, 7) is 1.83. The van der Waals surface area contributed by atoms with Gasteiger partial charge in [0.1, 0.15) is 5.92 Å². The van der Waals surface area contributed by atoms with Crippen molar-refractivity contribution in [2.45, 2.75) is 13.0 Å². The van der Waals surface area contributed by atoms with Crippen molar-refractivity contribution >= 4 is 23.0 Å². The maximum Gasteiger partial charge on any atom is 0.258 e. The Morgan fingerprint density at radius 2 is 1.43 bits per heavy atom. The number of benzene rings is 3. The summed E-state index contributed by atoms with van der Waals surface area (Å²) in [5.41, 5.74) is 2.84. The van der Waals surface area contributed by atoms with Crippen molar-refractivity contribution < 1.29 is 10.0 Å². The Labute approximate surface area is 164 Å². The van der Waals surface area contributed by atoms with Crippen molar-refractivity contribution in [3.8, 4) is 0 Å². The van der Waals surface area contributed by atoms with Crippen LogP contribution < -0.4 is 10.1 Å². The van der Waals surface area contributed by atoms with Crippen molar-refractivity contribution in [2.75, 3.05) is 10.1 Å². The number of hydrogen-bond acceptors (Lipinski definition) is 4. The van der Waals surface area contributed by atoms with Gasteiger partial charge >= 0.3 is 0 Å². The van der Waals surface area contributed by atoms with Gasteiger partial charge in [0.25, 0.3) is 5.91 Å². The topological polar surface area (TPSA) is 56.1 Å². The molecule has 28 heavy (non-hydrogen) atoms. The molecule has 1 aliphatic heterocycles. The van der Waals surface area contributed by atoms with Crippen LogP contribution in [0.3, 0.4) is 0 Å². The number of carbonyl (C=O) groups excluding carboxylic acids is 1. The van der Waals surface area contributed by atoms with E-state index in [1.54, 1.807) is 0 Å². The fourth-order valence-corrected chi connectivity index (χ4v) is 3.56. The van der Waals surface area contributed by atoms with Crippen molar-refractivity contribution in [3.05, 3.63) is 96.6 Å². The predicted octanol–water partition coefficient (Wildman–Crippen LogP) is 4.66. The lowest BCUT2D eigenvalue weighted by Gasteiger charge is -2.32. The molecular formula is C23H21N3O2. The molecule has 0 radical (unpaired) electrons. The lowest BCUT2D eigenvalue weighted by molar-refractivity contribution is -0.120. The van der Waals surface area contributed by atoms with E-state index < -0.39 is 12.0 Å². The van der Waals surface area contributed by atoms with E-state index in [2.05, 4.69) is 5.10 Å². The second-order valence-electron chi connectivity index (χ2n) is 6.74. The molecule has 0 spiro atoms. The number of para-hydroxylation sites is 2. The molecule has 5 nitrogen and oxygen atoms in total. The number of hydrazone groups is 1. The van der Waals surface area contributed by atoms with Crippen LogP contribution in [0, 0.1) is 5.92 Å². The summed E-state index contributed by atoms with van der Waals surface area (Å²) in [4.78, 5) is 13.3. The number of nitrogens with zero attached hydrogens (tertiary/aromatic N) is 3. The summed E-state index contributed by atoms with van der Waals surface area (Å²) in [5, 5.41) is 18.2. The molecule has 1 amide bonds. The maximum atomic E-state index is 13.3. The van der Waals surface area contributed by atoms with Crippen LogP contribution in [0.4, 0.5) is 11.4 Å². The Balaban J connectivity index is 1.75. The number of hydroxylamine groups is 1. The molecule has 5 heteroatoms. The van der Waals surface area contributed by atoms with Crippen molar-refractivity contribution in [2.24, 2.45) is 11.0 Å². The minimum Gasteiger partial charge on any atom is -0.288 e. The van der Waals surface area contributed by atoms with Gasteiger partial charge in [0.15, 0.2) is 0 Å². The minimum atomic E-state index is -0.604. The van der Waals surface area contributed by atoms with E-state index in [1.165, 1.54) is 10.1 Å². The van der Waals surface area contributed by atoms with Crippen LogP contribution in [0.15, 0.2) is 96.1 Å². The third-order valence-electron chi connectivity index (χ3n) is 4.92. The molecule has 0 bridgehead atoms. The first-order valence-corrected chi connectivity index (χ1v) is 9.19. The fourth-order valence-electron chi connectivity index (χ4n) is 3.56. The number of rotatable bonds is 5. The molecule has 1 heterocycles. The van der Waals surface area contributed by atoms with Crippen molar-refractivity contribution in [1.29, 1.82) is 0 Å². The Morgan fingerprint density at radius 3 is 2.04 bits per heavy atom. The highest BCUT2D eigenvalue weighted by Gasteiger charge is 2.43. The first kappa shape index (κ1) is 17.9. The number of hydrogen-bond donors (Lipinski definition) is 1. The Morgan fingerprint density at radius 1 is 0.893 bits per heavy atom. The highest BCUT2D eigenvalue weighted by molar-refractivity contribution is 6.15. The van der Waals surface area contributed by atoms with Gasteiger partial charge in [-0.15, -0.1) is 0 Å². The molecule has 1 aliphatic rings. The Bertz CT molecular complexity index is 975. The van der Waals surface area contributed by atoms with Gasteiger partial charge in [0, 0.05) is 0 Å². The van der Waals surface area contributed by atoms with Crippen molar-refractivity contribution in [1.82, 2.24) is 0 Å². The molecule has 2 atom stereocenters. The second-order valence-corrected chi connectivity index (χ2v) is 6.74. The highest BCUT2D eigenvalue weighted by Crippen LogP contribution is 2.37. The van der Waals surface area contributed by atoms with Crippen LogP contribution in [-0.4, -0.2) is 16.8 Å². The Kier molecular flexibility index (Phi) is 4.91. The van der Waals surface area contributed by atoms with Gasteiger partial charge in [-0.2, -0.15) is 5.10 Å². The number of anilines is 2. The van der Waals surface area contributed by atoms with Crippen LogP contribution in [0.2, 0.25) is 0 Å². The largest absolute Gasteiger partial charge is 0.288 e. The smallest absolute Gasteiger partial charge is 0.258 e. The minimum absolute atomic E-state index is 0.160. The van der Waals surface area contributed by atoms with Crippen molar-refractivity contribution in [3.63, 3.8) is 0 Å². The molecule has 2 unspecified atom stereocenters. The van der Waals surface area contributed by atoms with E-state index in [0.717, 1.165) is 5.56 Å². The number of carbonyl (C=O) groups is 1. The lowest BCUT2D eigenvalue weighted by atomic mass is 9.88. The van der Waals surface area contributed by atoms with E-state index >= 15 is 0 Å². The highest BCUT2D eigenvalue weighted by atomic mass is 16.5. The lowest BCUT2D eigenvalue weighted by Crippen LogP contribution is -2.39. The summed E-state index contributed by atoms with van der Waals surface area (Å²) in [6.07, 6.45) is 0. The summed E-state index contributed by atoms with van der Waals surface area (Å²) in [6, 6.07) is 27.5. The van der Waals surface area contributed by atoms with E-state index in [4.69, 9.17) is 0 Å². The molecule has 3 aromatic carbocycles. The van der Waals surface area contributed by atoms with Gasteiger partial charge < -0.3 is 0 Å². The Hall–Kier alpha value is -3.44. The maximum absolute atomic E-state index is 13.3. The van der Waals surface area contributed by atoms with Gasteiger partial charge in [-0.25, -0.2) is 10.1 Å². The van der Waals surface area contributed by atoms with E-state index in [9.17, 15) is 10.0 Å². The first-order chi connectivity index (χ1) is 13.7. The van der Waals surface area contributed by atoms with Gasteiger partial charge in [-0.1, -0.05) is 66.7 Å². The average Bonchev–Trinajstić information content (AvgIpc) is 3.05. The zero-order valence-corrected chi connectivity index (χ0v) is 15.5. The standard InChI is InChI=1S/C23H21N3O2/c1-17-21(23(27)25(24-17)19-13-7-3-8-14-19)22(18-11-5-2-6-12-18)26(28)20-15-9-4-10-16-20/h2-16,21-22,28H,1H3. The van der Waals surface area contributed by atoms with Gasteiger partial charge in [-0.3, -0.25) is 10.0 Å². The molecule has 0 fully saturated rings. The summed E-state index contributed by atoms with van der Waals surface area (Å²) >= 11 is 0. The van der Waals surface area contributed by atoms with Crippen LogP contribution in [0.1, 0.15) is 18.5 Å². The average molecular weight is 371 g/mol. The van der Waals surface area contributed by atoms with E-state index in [0.29, 0.717) is 17.1 Å². The first-order valence-electron chi connectivity index (χ1n) is 9.19. The molecule has 1 N–H and O–H groups in total. The van der Waals surface area contributed by atoms with Crippen LogP contribution in [0.25, 0.3) is 0 Å². The van der Waals surface area contributed by atoms with Gasteiger partial charge in [0.2, 0.25) is 0 Å². The van der Waals surface area contributed by atoms with Gasteiger partial charge in [-0.05, 0) is 36.8 Å². The summed E-state index contributed by atoms with van der Waals surface area (Å²) in [7, 11) is 0. The third-order valence-corrected chi connectivity index (χ3v) is 4.92. The van der Waals surface area contributed by atoms with E-state index in [1.807, 2.05) is 97.9 Å². The quantitative estimate of drug-likeness (QED) is 0.664. The monoisotopic (exact) mass is 371 g/mol. The molecule has 3 aromatic rings. The molecule has 4 rings (SSSR count). The SMILES string of the molecule is CC1=NN(c2ccccc2)C(=O)C1C(c1ccccc1)N(O)c1ccccc1. The third kappa shape index (κ3) is 3.28. The zero-order chi connectivity index (χ0) is 19.5. The van der Waals surface area contributed by atoms with Gasteiger partial charge in [0.05, 0.1) is 23.1 Å². The molecule has 0 aliphatic carbocycles. The second kappa shape index (κ2) is 7.66. The van der Waals surface area contributed by atoms with E-state index in [-0.39, 0.29) is 5.91 Å². The molecule has 0 saturated carbocycles. The predicted molar refractivity (Wildman–Crippen MR) is 110 cm³/mol. The summed E-state index contributed by atoms with van der Waals surface area (Å²) < 4.78 is 0. The van der Waals surface area contributed by atoms with Crippen LogP contribution in [0.5, 0.6) is 0 Å². The molecular weight excluding hydrogens is 350 g/mol. The van der Waals surface area contributed by atoms with Crippen LogP contribution >= 0.6 is 0 Å². The molecule has 0 aromatic heterocycles. The zero-order valence-electron chi connectivity index (χ0n) is 15.5. The fraction of sp³-hybridized carbons (Fsp3) is 0.130. The number of amides is 1.